The number of aliphatic carboxylic acids is 2. The number of hydrogen-bond donors (Lipinski definition) is 6. The molecular formula is C12H22N4O6. The van der Waals surface area contributed by atoms with Gasteiger partial charge < -0.3 is 33.1 Å². The minimum Gasteiger partial charge on any atom is -0.481 e. The molecule has 0 aliphatic heterocycles. The second-order valence-corrected chi connectivity index (χ2v) is 5.24. The Morgan fingerprint density at radius 3 is 2.00 bits per heavy atom. The molecular weight excluding hydrogens is 296 g/mol. The molecule has 0 bridgehead atoms. The van der Waals surface area contributed by atoms with Crippen molar-refractivity contribution in [1.29, 1.82) is 0 Å². The smallest absolute Gasteiger partial charge is 0.314 e. The topological polar surface area (TPSA) is 213 Å². The molecule has 0 saturated heterocycles. The van der Waals surface area contributed by atoms with E-state index >= 15 is 0 Å². The minimum atomic E-state index is -1.61. The Morgan fingerprint density at radius 2 is 1.59 bits per heavy atom. The van der Waals surface area contributed by atoms with Gasteiger partial charge in [-0.25, -0.2) is 0 Å². The molecule has 22 heavy (non-hydrogen) atoms. The maximum Gasteiger partial charge on any atom is 0.314 e. The van der Waals surface area contributed by atoms with Crippen LogP contribution in [0, 0.1) is 5.92 Å². The molecule has 10 nitrogen and oxygen atoms in total. The maximum absolute atomic E-state index is 11.9. The summed E-state index contributed by atoms with van der Waals surface area (Å²) >= 11 is 0. The van der Waals surface area contributed by atoms with Crippen LogP contribution in [-0.4, -0.2) is 45.5 Å². The molecule has 0 heterocycles. The van der Waals surface area contributed by atoms with Gasteiger partial charge in [0.1, 0.15) is 11.7 Å². The van der Waals surface area contributed by atoms with Crippen LogP contribution in [0.3, 0.4) is 0 Å². The normalized spacial score (nSPS) is 14.1. The van der Waals surface area contributed by atoms with Gasteiger partial charge in [0.15, 0.2) is 0 Å². The lowest BCUT2D eigenvalue weighted by atomic mass is 9.87. The van der Waals surface area contributed by atoms with Crippen molar-refractivity contribution in [1.82, 2.24) is 0 Å². The molecule has 0 aromatic rings. The maximum atomic E-state index is 11.9. The highest BCUT2D eigenvalue weighted by molar-refractivity contribution is 5.98. The van der Waals surface area contributed by atoms with Crippen LogP contribution >= 0.6 is 0 Å². The van der Waals surface area contributed by atoms with E-state index in [2.05, 4.69) is 0 Å². The summed E-state index contributed by atoms with van der Waals surface area (Å²) in [5.41, 5.74) is 20.0. The first-order valence-electron chi connectivity index (χ1n) is 6.56. The Hall–Kier alpha value is -2.04. The fourth-order valence-corrected chi connectivity index (χ4v) is 1.77. The van der Waals surface area contributed by atoms with Crippen LogP contribution in [0.2, 0.25) is 0 Å². The number of carboxylic acids is 2. The monoisotopic (exact) mass is 318 g/mol. The van der Waals surface area contributed by atoms with Gasteiger partial charge in [-0.1, -0.05) is 0 Å². The third kappa shape index (κ3) is 7.67. The number of ketones is 1. The van der Waals surface area contributed by atoms with E-state index < -0.39 is 47.7 Å². The summed E-state index contributed by atoms with van der Waals surface area (Å²) in [6.45, 7) is 0. The van der Waals surface area contributed by atoms with Crippen LogP contribution in [0.25, 0.3) is 0 Å². The number of amides is 1. The zero-order valence-corrected chi connectivity index (χ0v) is 12.0. The molecule has 0 aromatic carbocycles. The Bertz CT molecular complexity index is 451. The fourth-order valence-electron chi connectivity index (χ4n) is 1.77. The molecule has 0 fully saturated rings. The van der Waals surface area contributed by atoms with Crippen LogP contribution in [0.4, 0.5) is 0 Å². The summed E-state index contributed by atoms with van der Waals surface area (Å²) in [6.07, 6.45) is -1.30. The van der Waals surface area contributed by atoms with E-state index in [9.17, 15) is 19.2 Å². The number of Topliss-reactive ketones (excluding diaryl/α,β-unsaturated/α-hetero) is 1. The highest BCUT2D eigenvalue weighted by Gasteiger charge is 2.34. The first kappa shape index (κ1) is 20.0. The van der Waals surface area contributed by atoms with Gasteiger partial charge in [0, 0.05) is 12.8 Å². The Morgan fingerprint density at radius 1 is 1.05 bits per heavy atom. The zero-order valence-electron chi connectivity index (χ0n) is 12.0. The lowest BCUT2D eigenvalue weighted by Gasteiger charge is -2.26. The molecule has 0 spiro atoms. The van der Waals surface area contributed by atoms with Crippen molar-refractivity contribution in [3.63, 3.8) is 0 Å². The first-order chi connectivity index (χ1) is 9.96. The van der Waals surface area contributed by atoms with E-state index in [1.807, 2.05) is 0 Å². The van der Waals surface area contributed by atoms with E-state index in [4.69, 9.17) is 33.1 Å². The van der Waals surface area contributed by atoms with Gasteiger partial charge in [0.25, 0.3) is 0 Å². The second kappa shape index (κ2) is 8.41. The molecule has 1 unspecified atom stereocenters. The number of carbonyl (C=O) groups excluding carboxylic acids is 2. The van der Waals surface area contributed by atoms with Crippen LogP contribution < -0.4 is 22.9 Å². The lowest BCUT2D eigenvalue weighted by Crippen LogP contribution is -2.52. The molecule has 2 atom stereocenters. The summed E-state index contributed by atoms with van der Waals surface area (Å²) in [5, 5.41) is 17.7. The molecule has 10 N–H and O–H groups in total. The lowest BCUT2D eigenvalue weighted by molar-refractivity contribution is -0.147. The van der Waals surface area contributed by atoms with Gasteiger partial charge in [0.05, 0.1) is 11.7 Å². The number of carbonyl (C=O) groups is 4. The standard InChI is InChI=1S/C12H22N4O6/c13-7(10(14)20)1-2-8(17)6(11(21)22)5-12(15,16)4-3-9(18)19/h6-7H,1-5,13,15-16H2,(H2,14,20)(H,18,19)(H,21,22)/t6?,7-/m0/s1. The number of rotatable bonds is 11. The minimum absolute atomic E-state index is 0.0881. The Kier molecular flexibility index (Phi) is 7.63. The average Bonchev–Trinajstić information content (AvgIpc) is 2.39. The third-order valence-corrected chi connectivity index (χ3v) is 3.14. The molecule has 126 valence electrons. The molecule has 0 rings (SSSR count). The van der Waals surface area contributed by atoms with E-state index in [-0.39, 0.29) is 25.7 Å². The van der Waals surface area contributed by atoms with Gasteiger partial charge in [-0.05, 0) is 19.3 Å². The summed E-state index contributed by atoms with van der Waals surface area (Å²) in [7, 11) is 0. The largest absolute Gasteiger partial charge is 0.481 e. The zero-order chi connectivity index (χ0) is 17.5. The molecule has 1 amide bonds. The van der Waals surface area contributed by atoms with Crippen molar-refractivity contribution in [2.75, 3.05) is 0 Å². The average molecular weight is 318 g/mol. The van der Waals surface area contributed by atoms with E-state index in [1.165, 1.54) is 0 Å². The molecule has 0 aliphatic carbocycles. The number of hydrogen-bond acceptors (Lipinski definition) is 7. The number of primary amides is 1. The van der Waals surface area contributed by atoms with Crippen molar-refractivity contribution in [3.05, 3.63) is 0 Å². The van der Waals surface area contributed by atoms with E-state index in [0.717, 1.165) is 0 Å². The van der Waals surface area contributed by atoms with E-state index in [1.54, 1.807) is 0 Å². The molecule has 0 aliphatic rings. The quantitative estimate of drug-likeness (QED) is 0.178. The highest BCUT2D eigenvalue weighted by atomic mass is 16.4. The molecule has 0 saturated carbocycles. The molecule has 0 radical (unpaired) electrons. The van der Waals surface area contributed by atoms with Gasteiger partial charge >= 0.3 is 11.9 Å². The Labute approximate surface area is 126 Å². The van der Waals surface area contributed by atoms with Crippen LogP contribution in [-0.2, 0) is 19.2 Å². The predicted octanol–water partition coefficient (Wildman–Crippen LogP) is -2.28. The molecule has 10 heteroatoms. The second-order valence-electron chi connectivity index (χ2n) is 5.24. The van der Waals surface area contributed by atoms with Crippen molar-refractivity contribution in [2.45, 2.75) is 43.8 Å². The summed E-state index contributed by atoms with van der Waals surface area (Å²) in [4.78, 5) is 44.3. The summed E-state index contributed by atoms with van der Waals surface area (Å²) in [5.74, 6) is -5.55. The fraction of sp³-hybridized carbons (Fsp3) is 0.667. The van der Waals surface area contributed by atoms with Gasteiger partial charge in [-0.2, -0.15) is 0 Å². The first-order valence-corrected chi connectivity index (χ1v) is 6.56. The van der Waals surface area contributed by atoms with Gasteiger partial charge in [0.2, 0.25) is 5.91 Å². The Balaban J connectivity index is 4.71. The van der Waals surface area contributed by atoms with Crippen LogP contribution in [0.15, 0.2) is 0 Å². The third-order valence-electron chi connectivity index (χ3n) is 3.14. The number of carboxylic acid groups (broad SMARTS) is 2. The molecule has 0 aromatic heterocycles. The van der Waals surface area contributed by atoms with Crippen molar-refractivity contribution >= 4 is 23.6 Å². The van der Waals surface area contributed by atoms with Gasteiger partial charge in [-0.3, -0.25) is 19.2 Å². The number of nitrogens with two attached hydrogens (primary N) is 4. The predicted molar refractivity (Wildman–Crippen MR) is 75.1 cm³/mol. The summed E-state index contributed by atoms with van der Waals surface area (Å²) in [6, 6.07) is -1.05. The van der Waals surface area contributed by atoms with Crippen LogP contribution in [0.5, 0.6) is 0 Å². The van der Waals surface area contributed by atoms with Crippen molar-refractivity contribution in [3.8, 4) is 0 Å². The summed E-state index contributed by atoms with van der Waals surface area (Å²) < 4.78 is 0. The van der Waals surface area contributed by atoms with Crippen molar-refractivity contribution < 1.29 is 29.4 Å². The highest BCUT2D eigenvalue weighted by Crippen LogP contribution is 2.19. The van der Waals surface area contributed by atoms with Crippen LogP contribution in [0.1, 0.15) is 32.1 Å². The van der Waals surface area contributed by atoms with Crippen molar-refractivity contribution in [2.24, 2.45) is 28.9 Å². The van der Waals surface area contributed by atoms with E-state index in [0.29, 0.717) is 0 Å². The SMILES string of the molecule is NC(=O)[C@@H](N)CCC(=O)C(CC(N)(N)CCC(=O)O)C(=O)O. The van der Waals surface area contributed by atoms with Gasteiger partial charge in [-0.15, -0.1) is 0 Å².